The lowest BCUT2D eigenvalue weighted by atomic mass is 10.3. The Balaban J connectivity index is 2.41. The average molecular weight is 424 g/mol. The molecule has 0 aliphatic rings. The Morgan fingerprint density at radius 1 is 1.50 bits per heavy atom. The van der Waals surface area contributed by atoms with E-state index in [9.17, 15) is 22.4 Å². The lowest BCUT2D eigenvalue weighted by Gasteiger charge is -2.08. The predicted octanol–water partition coefficient (Wildman–Crippen LogP) is 0.0792. The van der Waals surface area contributed by atoms with E-state index < -0.39 is 42.4 Å². The molecular weight excluding hydrogens is 411 g/mol. The average Bonchev–Trinajstić information content (AvgIpc) is 3.10. The molecule has 2 aromatic heterocycles. The maximum Gasteiger partial charge on any atom is 0.355 e. The first-order valence-electron chi connectivity index (χ1n) is 6.85. The van der Waals surface area contributed by atoms with E-state index in [0.717, 1.165) is 17.1 Å². The first kappa shape index (κ1) is 20.0. The minimum absolute atomic E-state index is 0.0870. The molecule has 26 heavy (non-hydrogen) atoms. The minimum Gasteiger partial charge on any atom is -0.465 e. The maximum absolute atomic E-state index is 13.9. The Labute approximate surface area is 156 Å². The Morgan fingerprint density at radius 2 is 2.15 bits per heavy atom. The second-order valence-corrected chi connectivity index (χ2v) is 7.46. The van der Waals surface area contributed by atoms with E-state index in [1.54, 1.807) is 6.92 Å². The van der Waals surface area contributed by atoms with Gasteiger partial charge in [0.1, 0.15) is 4.90 Å². The molecule has 0 aromatic carbocycles. The molecule has 2 heterocycles. The third-order valence-electron chi connectivity index (χ3n) is 3.01. The second-order valence-electron chi connectivity index (χ2n) is 4.62. The number of ether oxygens (including phenoxy) is 2. The number of thiocarbonyl (C=S) groups is 1. The molecule has 0 radical (unpaired) electrons. The summed E-state index contributed by atoms with van der Waals surface area (Å²) in [6, 6.07) is -0.0870. The fourth-order valence-corrected chi connectivity index (χ4v) is 4.55. The van der Waals surface area contributed by atoms with Crippen LogP contribution in [0.15, 0.2) is 15.1 Å². The van der Waals surface area contributed by atoms with Crippen LogP contribution in [0.5, 0.6) is 6.01 Å². The summed E-state index contributed by atoms with van der Waals surface area (Å²) < 4.78 is 51.8. The highest BCUT2D eigenvalue weighted by Crippen LogP contribution is 2.26. The van der Waals surface area contributed by atoms with Gasteiger partial charge in [-0.1, -0.05) is 0 Å². The maximum atomic E-state index is 13.9. The molecule has 0 fully saturated rings. The molecule has 0 aliphatic heterocycles. The third-order valence-corrected chi connectivity index (χ3v) is 5.70. The molecule has 1 N–H and O–H groups in total. The summed E-state index contributed by atoms with van der Waals surface area (Å²) in [6.07, 6.45) is 0. The molecule has 0 bridgehead atoms. The number of nitrogens with one attached hydrogen (secondary N) is 1. The van der Waals surface area contributed by atoms with Crippen molar-refractivity contribution in [2.75, 3.05) is 13.7 Å². The highest BCUT2D eigenvalue weighted by molar-refractivity contribution is 7.92. The van der Waals surface area contributed by atoms with E-state index in [4.69, 9.17) is 17.0 Å². The van der Waals surface area contributed by atoms with Crippen LogP contribution in [0.4, 0.5) is 4.39 Å². The van der Waals surface area contributed by atoms with Crippen molar-refractivity contribution in [3.05, 3.63) is 26.6 Å². The zero-order valence-corrected chi connectivity index (χ0v) is 16.1. The third kappa shape index (κ3) is 3.61. The Morgan fingerprint density at radius 3 is 2.73 bits per heavy atom. The topological polar surface area (TPSA) is 122 Å². The number of hydrogen-bond donors (Lipinski definition) is 1. The van der Waals surface area contributed by atoms with Crippen LogP contribution >= 0.6 is 23.6 Å². The summed E-state index contributed by atoms with van der Waals surface area (Å²) in [7, 11) is -2.25. The van der Waals surface area contributed by atoms with E-state index in [2.05, 4.69) is 9.84 Å². The number of carbonyl (C=O) groups is 1. The van der Waals surface area contributed by atoms with Crippen LogP contribution in [0.2, 0.25) is 0 Å². The molecule has 2 aromatic rings. The van der Waals surface area contributed by atoms with Gasteiger partial charge >= 0.3 is 17.7 Å². The fourth-order valence-electron chi connectivity index (χ4n) is 1.84. The molecule has 142 valence electrons. The van der Waals surface area contributed by atoms with Crippen LogP contribution in [0.25, 0.3) is 0 Å². The van der Waals surface area contributed by atoms with Crippen LogP contribution in [0, 0.1) is 5.13 Å². The normalized spacial score (nSPS) is 11.2. The Hall–Kier alpha value is -2.32. The van der Waals surface area contributed by atoms with Crippen molar-refractivity contribution >= 4 is 44.7 Å². The van der Waals surface area contributed by atoms with Crippen LogP contribution in [-0.2, 0) is 21.8 Å². The van der Waals surface area contributed by atoms with Crippen molar-refractivity contribution in [1.82, 2.24) is 19.1 Å². The number of sulfonamides is 1. The lowest BCUT2D eigenvalue weighted by molar-refractivity contribution is 0.0596. The zero-order valence-electron chi connectivity index (χ0n) is 13.7. The molecule has 10 nitrogen and oxygen atoms in total. The zero-order chi connectivity index (χ0) is 19.6. The molecule has 0 aliphatic carbocycles. The number of esters is 1. The fraction of sp³-hybridized carbons (Fsp3) is 0.333. The van der Waals surface area contributed by atoms with Gasteiger partial charge in [0, 0.05) is 12.4 Å². The molecule has 0 spiro atoms. The summed E-state index contributed by atoms with van der Waals surface area (Å²) >= 11 is 5.28. The molecule has 2 rings (SSSR count). The van der Waals surface area contributed by atoms with E-state index in [1.165, 1.54) is 7.05 Å². The number of halogens is 1. The highest BCUT2D eigenvalue weighted by Gasteiger charge is 2.31. The van der Waals surface area contributed by atoms with E-state index in [1.807, 2.05) is 4.72 Å². The van der Waals surface area contributed by atoms with E-state index in [0.29, 0.717) is 16.0 Å². The van der Waals surface area contributed by atoms with Gasteiger partial charge in [0.25, 0.3) is 10.0 Å². The number of methoxy groups -OCH3 is 1. The van der Waals surface area contributed by atoms with Gasteiger partial charge < -0.3 is 9.47 Å². The first-order valence-corrected chi connectivity index (χ1v) is 9.62. The summed E-state index contributed by atoms with van der Waals surface area (Å²) in [4.78, 5) is 22.8. The number of hydrogen-bond acceptors (Lipinski definition) is 9. The molecule has 0 amide bonds. The van der Waals surface area contributed by atoms with Crippen LogP contribution in [0.3, 0.4) is 0 Å². The van der Waals surface area contributed by atoms with Crippen molar-refractivity contribution in [3.63, 3.8) is 0 Å². The molecule has 0 saturated heterocycles. The monoisotopic (exact) mass is 424 g/mol. The summed E-state index contributed by atoms with van der Waals surface area (Å²) in [5.41, 5.74) is -1.27. The Kier molecular flexibility index (Phi) is 5.77. The number of thiophene rings is 1. The first-order chi connectivity index (χ1) is 12.1. The lowest BCUT2D eigenvalue weighted by Crippen LogP contribution is -2.40. The van der Waals surface area contributed by atoms with Gasteiger partial charge in [-0.2, -0.15) is 4.39 Å². The molecule has 0 atom stereocenters. The van der Waals surface area contributed by atoms with E-state index in [-0.39, 0.29) is 12.6 Å². The Bertz CT molecular complexity index is 1020. The highest BCUT2D eigenvalue weighted by atomic mass is 32.2. The summed E-state index contributed by atoms with van der Waals surface area (Å²) in [6.45, 7) is 1.88. The van der Waals surface area contributed by atoms with Crippen LogP contribution < -0.4 is 15.1 Å². The van der Waals surface area contributed by atoms with E-state index >= 15 is 0 Å². The second kappa shape index (κ2) is 7.51. The standard InChI is InChI=1S/C12H13FN4O6S3/c1-4-23-10-14-17(12(19)16(10)2)11(24)15-26(20,21)7-6(9(18)22-3)5-25-8(7)13/h5H,4H2,1-3H3,(H,15,24). The van der Waals surface area contributed by atoms with Crippen molar-refractivity contribution in [1.29, 1.82) is 0 Å². The smallest absolute Gasteiger partial charge is 0.355 e. The van der Waals surface area contributed by atoms with Gasteiger partial charge in [-0.3, -0.25) is 4.72 Å². The van der Waals surface area contributed by atoms with Gasteiger partial charge in [0.2, 0.25) is 5.11 Å². The predicted molar refractivity (Wildman–Crippen MR) is 92.6 cm³/mol. The molecule has 14 heteroatoms. The van der Waals surface area contributed by atoms with Gasteiger partial charge in [-0.15, -0.1) is 21.1 Å². The van der Waals surface area contributed by atoms with Gasteiger partial charge in [-0.25, -0.2) is 22.6 Å². The molecule has 0 saturated carbocycles. The van der Waals surface area contributed by atoms with Gasteiger partial charge in [0.05, 0.1) is 19.3 Å². The van der Waals surface area contributed by atoms with Crippen LogP contribution in [0.1, 0.15) is 17.3 Å². The number of rotatable bonds is 5. The van der Waals surface area contributed by atoms with Crippen LogP contribution in [-0.4, -0.2) is 47.6 Å². The summed E-state index contributed by atoms with van der Waals surface area (Å²) in [5.74, 6) is -1.04. The SMILES string of the molecule is CCOc1nn(C(=S)NS(=O)(=O)c2c(C(=O)OC)csc2F)c(=O)n1C. The van der Waals surface area contributed by atoms with Crippen molar-refractivity contribution in [3.8, 4) is 6.01 Å². The molecule has 0 unspecified atom stereocenters. The van der Waals surface area contributed by atoms with Gasteiger partial charge in [0.15, 0.2) is 5.13 Å². The quantitative estimate of drug-likeness (QED) is 0.529. The van der Waals surface area contributed by atoms with Crippen molar-refractivity contribution in [2.45, 2.75) is 11.8 Å². The van der Waals surface area contributed by atoms with Crippen molar-refractivity contribution in [2.24, 2.45) is 7.05 Å². The number of nitrogens with zero attached hydrogens (tertiary/aromatic N) is 3. The molecular formula is C12H13FN4O6S3. The summed E-state index contributed by atoms with van der Waals surface area (Å²) in [5, 5.41) is 2.98. The van der Waals surface area contributed by atoms with Crippen molar-refractivity contribution < 1.29 is 27.1 Å². The number of aromatic nitrogens is 3. The largest absolute Gasteiger partial charge is 0.465 e. The minimum atomic E-state index is -4.62. The van der Waals surface area contributed by atoms with Gasteiger partial charge in [-0.05, 0) is 19.1 Å². The number of carbonyl (C=O) groups excluding carboxylic acids is 1.